The van der Waals surface area contributed by atoms with E-state index in [1.54, 1.807) is 24.3 Å². The fourth-order valence-electron chi connectivity index (χ4n) is 3.15. The summed E-state index contributed by atoms with van der Waals surface area (Å²) in [5.74, 6) is -1.72. The molecule has 10 heteroatoms. The van der Waals surface area contributed by atoms with Crippen LogP contribution in [-0.2, 0) is 12.8 Å². The molecule has 2 unspecified atom stereocenters. The van der Waals surface area contributed by atoms with E-state index in [0.29, 0.717) is 11.1 Å². The molecular formula is C28H33F3O7. The van der Waals surface area contributed by atoms with Crippen molar-refractivity contribution in [2.75, 3.05) is 0 Å². The predicted octanol–water partition coefficient (Wildman–Crippen LogP) is 6.30. The van der Waals surface area contributed by atoms with Crippen molar-refractivity contribution >= 4 is 11.9 Å². The highest BCUT2D eigenvalue weighted by Crippen LogP contribution is 2.28. The first-order valence-electron chi connectivity index (χ1n) is 12.0. The second-order valence-electron chi connectivity index (χ2n) is 8.33. The normalized spacial score (nSPS) is 12.3. The summed E-state index contributed by atoms with van der Waals surface area (Å²) < 4.78 is 40.3. The molecule has 1 aromatic heterocycles. The topological polar surface area (TPSA) is 128 Å². The fourth-order valence-corrected chi connectivity index (χ4v) is 3.15. The molecule has 3 rings (SSSR count). The van der Waals surface area contributed by atoms with Gasteiger partial charge >= 0.3 is 18.1 Å². The number of aryl methyl sites for hydroxylation is 2. The van der Waals surface area contributed by atoms with Gasteiger partial charge in [0.2, 0.25) is 0 Å². The molecule has 208 valence electrons. The van der Waals surface area contributed by atoms with Gasteiger partial charge in [-0.3, -0.25) is 0 Å². The van der Waals surface area contributed by atoms with Crippen LogP contribution in [0.15, 0.2) is 71.3 Å². The lowest BCUT2D eigenvalue weighted by Gasteiger charge is -2.16. The molecule has 2 atom stereocenters. The third-order valence-corrected chi connectivity index (χ3v) is 5.18. The number of carbonyl (C=O) groups is 2. The zero-order chi connectivity index (χ0) is 28.7. The van der Waals surface area contributed by atoms with Crippen LogP contribution in [0.4, 0.5) is 13.2 Å². The monoisotopic (exact) mass is 538 g/mol. The van der Waals surface area contributed by atoms with Crippen LogP contribution < -0.4 is 0 Å². The van der Waals surface area contributed by atoms with Crippen LogP contribution in [0.1, 0.15) is 76.8 Å². The average molecular weight is 539 g/mol. The minimum Gasteiger partial charge on any atom is -0.478 e. The molecule has 0 amide bonds. The number of furan rings is 1. The molecule has 1 heterocycles. The van der Waals surface area contributed by atoms with Gasteiger partial charge in [0.05, 0.1) is 17.4 Å². The molecule has 7 nitrogen and oxygen atoms in total. The second kappa shape index (κ2) is 16.3. The summed E-state index contributed by atoms with van der Waals surface area (Å²) in [5, 5.41) is 35.0. The van der Waals surface area contributed by atoms with E-state index in [4.69, 9.17) is 15.3 Å². The number of carboxylic acids is 2. The number of aromatic carboxylic acids is 2. The Morgan fingerprint density at radius 2 is 1.21 bits per heavy atom. The molecule has 0 aliphatic carbocycles. The maximum atomic E-state index is 11.9. The van der Waals surface area contributed by atoms with Crippen LogP contribution in [0, 0.1) is 0 Å². The first kappa shape index (κ1) is 32.4. The quantitative estimate of drug-likeness (QED) is 0.252. The van der Waals surface area contributed by atoms with E-state index >= 15 is 0 Å². The van der Waals surface area contributed by atoms with Crippen molar-refractivity contribution < 1.29 is 47.6 Å². The van der Waals surface area contributed by atoms with E-state index in [-0.39, 0.29) is 5.76 Å². The maximum Gasteiger partial charge on any atom is 0.414 e. The van der Waals surface area contributed by atoms with Gasteiger partial charge in [0.25, 0.3) is 0 Å². The highest BCUT2D eigenvalue weighted by molar-refractivity contribution is 5.87. The minimum atomic E-state index is -4.71. The highest BCUT2D eigenvalue weighted by Gasteiger charge is 2.39. The van der Waals surface area contributed by atoms with Gasteiger partial charge in [-0.05, 0) is 60.4 Å². The van der Waals surface area contributed by atoms with Crippen LogP contribution in [0.3, 0.4) is 0 Å². The molecular weight excluding hydrogens is 505 g/mol. The van der Waals surface area contributed by atoms with Crippen molar-refractivity contribution in [3.63, 3.8) is 0 Å². The van der Waals surface area contributed by atoms with E-state index in [0.717, 1.165) is 25.7 Å². The van der Waals surface area contributed by atoms with E-state index in [2.05, 4.69) is 18.3 Å². The number of aliphatic hydroxyl groups excluding tert-OH is 2. The number of carboxylic acid groups (broad SMARTS) is 2. The number of hydrogen-bond donors (Lipinski definition) is 4. The number of hydrogen-bond acceptors (Lipinski definition) is 5. The Morgan fingerprint density at radius 1 is 0.789 bits per heavy atom. The Hall–Kier alpha value is -3.63. The third-order valence-electron chi connectivity index (χ3n) is 5.18. The van der Waals surface area contributed by atoms with Crippen LogP contribution in [0.2, 0.25) is 0 Å². The largest absolute Gasteiger partial charge is 0.478 e. The number of aliphatic hydroxyl groups is 2. The minimum absolute atomic E-state index is 0.00769. The number of halogens is 3. The maximum absolute atomic E-state index is 11.9. The van der Waals surface area contributed by atoms with Crippen LogP contribution in [0.5, 0.6) is 0 Å². The predicted molar refractivity (Wildman–Crippen MR) is 135 cm³/mol. The second-order valence-corrected chi connectivity index (χ2v) is 8.33. The smallest absolute Gasteiger partial charge is 0.414 e. The molecule has 0 spiro atoms. The number of rotatable bonds is 9. The molecule has 0 radical (unpaired) electrons. The average Bonchev–Trinajstić information content (AvgIpc) is 3.41. The number of benzene rings is 2. The Balaban J connectivity index is 0.000000286. The van der Waals surface area contributed by atoms with E-state index < -0.39 is 36.7 Å². The summed E-state index contributed by atoms with van der Waals surface area (Å²) in [6.07, 6.45) is -4.08. The summed E-state index contributed by atoms with van der Waals surface area (Å²) in [5.41, 5.74) is 3.11. The van der Waals surface area contributed by atoms with Gasteiger partial charge in [0.1, 0.15) is 11.9 Å². The van der Waals surface area contributed by atoms with Gasteiger partial charge in [-0.25, -0.2) is 9.59 Å². The van der Waals surface area contributed by atoms with Gasteiger partial charge in [0, 0.05) is 6.42 Å². The Bertz CT molecular complexity index is 1020. The molecule has 38 heavy (non-hydrogen) atoms. The number of alkyl halides is 3. The highest BCUT2D eigenvalue weighted by atomic mass is 19.4. The molecule has 2 aromatic carbocycles. The van der Waals surface area contributed by atoms with Crippen molar-refractivity contribution in [2.24, 2.45) is 0 Å². The van der Waals surface area contributed by atoms with Crippen molar-refractivity contribution in [1.82, 2.24) is 0 Å². The summed E-state index contributed by atoms with van der Waals surface area (Å²) in [4.78, 5) is 20.9. The van der Waals surface area contributed by atoms with Crippen molar-refractivity contribution in [1.29, 1.82) is 0 Å². The van der Waals surface area contributed by atoms with Gasteiger partial charge in [-0.2, -0.15) is 13.2 Å². The third kappa shape index (κ3) is 12.1. The van der Waals surface area contributed by atoms with Crippen molar-refractivity contribution in [3.8, 4) is 0 Å². The van der Waals surface area contributed by atoms with Gasteiger partial charge in [0.15, 0.2) is 6.10 Å². The van der Waals surface area contributed by atoms with Gasteiger partial charge < -0.3 is 24.8 Å². The molecule has 0 aliphatic heterocycles. The summed E-state index contributed by atoms with van der Waals surface area (Å²) in [6, 6.07) is 16.8. The summed E-state index contributed by atoms with van der Waals surface area (Å²) >= 11 is 0. The first-order valence-corrected chi connectivity index (χ1v) is 12.0. The van der Waals surface area contributed by atoms with Crippen molar-refractivity contribution in [3.05, 3.63) is 94.9 Å². The SMILES string of the molecule is CCCc1ccc(C(=O)O)cc1.CCCc1ccc(C(=O)O)cc1.OC(CC(O)C(F)(F)F)c1ccco1. The van der Waals surface area contributed by atoms with Crippen LogP contribution in [0.25, 0.3) is 0 Å². The van der Waals surface area contributed by atoms with Gasteiger partial charge in [-0.1, -0.05) is 51.0 Å². The lowest BCUT2D eigenvalue weighted by atomic mass is 10.1. The molecule has 0 fully saturated rings. The van der Waals surface area contributed by atoms with Crippen LogP contribution in [-0.4, -0.2) is 44.6 Å². The molecule has 3 aromatic rings. The zero-order valence-electron chi connectivity index (χ0n) is 21.2. The Morgan fingerprint density at radius 3 is 1.50 bits per heavy atom. The molecule has 0 aliphatic rings. The molecule has 0 saturated heterocycles. The van der Waals surface area contributed by atoms with E-state index in [1.165, 1.54) is 29.5 Å². The summed E-state index contributed by atoms with van der Waals surface area (Å²) in [6.45, 7) is 4.20. The van der Waals surface area contributed by atoms with E-state index in [9.17, 15) is 27.9 Å². The fraction of sp³-hybridized carbons (Fsp3) is 0.357. The standard InChI is InChI=1S/2C10H12O2.C8H9F3O3/c2*1-2-3-8-4-6-9(7-5-8)10(11)12;9-8(10,11)7(13)4-5(12)6-2-1-3-14-6/h2*4-7H,2-3H2,1H3,(H,11,12);1-3,5,7,12-13H,4H2. The zero-order valence-corrected chi connectivity index (χ0v) is 21.2. The molecule has 0 bridgehead atoms. The first-order chi connectivity index (χ1) is 17.9. The lowest BCUT2D eigenvalue weighted by molar-refractivity contribution is -0.211. The van der Waals surface area contributed by atoms with Gasteiger partial charge in [-0.15, -0.1) is 0 Å². The Labute approximate surface area is 219 Å². The lowest BCUT2D eigenvalue weighted by Crippen LogP contribution is -2.30. The van der Waals surface area contributed by atoms with E-state index in [1.807, 2.05) is 24.3 Å². The molecule has 4 N–H and O–H groups in total. The Kier molecular flexibility index (Phi) is 13.9. The summed E-state index contributed by atoms with van der Waals surface area (Å²) in [7, 11) is 0. The van der Waals surface area contributed by atoms with Crippen molar-refractivity contribution in [2.45, 2.75) is 64.3 Å². The molecule has 0 saturated carbocycles. The van der Waals surface area contributed by atoms with Crippen LogP contribution >= 0.6 is 0 Å².